The molecule has 2 rings (SSSR count). The second-order valence-corrected chi connectivity index (χ2v) is 4.68. The van der Waals surface area contributed by atoms with E-state index in [4.69, 9.17) is 15.0 Å². The van der Waals surface area contributed by atoms with Crippen LogP contribution < -0.4 is 0 Å². The van der Waals surface area contributed by atoms with Crippen LogP contribution in [-0.4, -0.2) is 40.9 Å². The summed E-state index contributed by atoms with van der Waals surface area (Å²) in [5, 5.41) is 23.3. The molecular weight excluding hydrogens is 262 g/mol. The number of rotatable bonds is 4. The normalized spacial score (nSPS) is 33.5. The van der Waals surface area contributed by atoms with Gasteiger partial charge in [-0.3, -0.25) is 0 Å². The fourth-order valence-electron chi connectivity index (χ4n) is 2.13. The van der Waals surface area contributed by atoms with Crippen LogP contribution in [0.1, 0.15) is 12.5 Å². The average molecular weight is 279 g/mol. The fourth-order valence-corrected chi connectivity index (χ4v) is 2.13. The van der Waals surface area contributed by atoms with Crippen LogP contribution in [0.4, 0.5) is 0 Å². The molecule has 7 nitrogen and oxygen atoms in total. The Labute approximate surface area is 116 Å². The zero-order valence-electron chi connectivity index (χ0n) is 11.0. The highest BCUT2D eigenvalue weighted by Crippen LogP contribution is 2.24. The summed E-state index contributed by atoms with van der Waals surface area (Å²) >= 11 is 0. The van der Waals surface area contributed by atoms with Crippen LogP contribution in [0.25, 0.3) is 10.4 Å². The van der Waals surface area contributed by atoms with Gasteiger partial charge in [0.05, 0.1) is 24.9 Å². The quantitative estimate of drug-likeness (QED) is 0.492. The molecule has 0 aliphatic carbocycles. The Hall–Kier alpha value is -1.63. The van der Waals surface area contributed by atoms with Gasteiger partial charge in [0, 0.05) is 4.91 Å². The van der Waals surface area contributed by atoms with Gasteiger partial charge in [0.15, 0.2) is 6.29 Å². The third-order valence-electron chi connectivity index (χ3n) is 3.25. The van der Waals surface area contributed by atoms with E-state index in [-0.39, 0.29) is 6.61 Å². The van der Waals surface area contributed by atoms with Crippen molar-refractivity contribution in [2.75, 3.05) is 0 Å². The molecule has 1 heterocycles. The molecule has 0 amide bonds. The van der Waals surface area contributed by atoms with Gasteiger partial charge in [-0.15, -0.1) is 0 Å². The first-order valence-electron chi connectivity index (χ1n) is 6.35. The lowest BCUT2D eigenvalue weighted by Crippen LogP contribution is -2.56. The highest BCUT2D eigenvalue weighted by Gasteiger charge is 2.42. The van der Waals surface area contributed by atoms with Crippen LogP contribution >= 0.6 is 0 Å². The topological polar surface area (TPSA) is 108 Å². The molecule has 1 aliphatic heterocycles. The molecule has 0 saturated carbocycles. The van der Waals surface area contributed by atoms with Crippen LogP contribution in [0.2, 0.25) is 0 Å². The van der Waals surface area contributed by atoms with E-state index in [0.717, 1.165) is 5.56 Å². The van der Waals surface area contributed by atoms with Gasteiger partial charge in [0.1, 0.15) is 6.10 Å². The van der Waals surface area contributed by atoms with E-state index < -0.39 is 30.6 Å². The number of ether oxygens (including phenoxy) is 2. The lowest BCUT2D eigenvalue weighted by Gasteiger charge is -2.39. The van der Waals surface area contributed by atoms with Crippen molar-refractivity contribution in [3.8, 4) is 0 Å². The zero-order valence-corrected chi connectivity index (χ0v) is 11.0. The van der Waals surface area contributed by atoms with Crippen LogP contribution in [0.5, 0.6) is 0 Å². The predicted octanol–water partition coefficient (Wildman–Crippen LogP) is 1.35. The van der Waals surface area contributed by atoms with Crippen LogP contribution in [0, 0.1) is 0 Å². The van der Waals surface area contributed by atoms with E-state index in [2.05, 4.69) is 10.0 Å². The molecule has 1 aromatic carbocycles. The lowest BCUT2D eigenvalue weighted by atomic mass is 9.98. The molecule has 2 N–H and O–H groups in total. The molecule has 1 fully saturated rings. The highest BCUT2D eigenvalue weighted by molar-refractivity contribution is 5.13. The van der Waals surface area contributed by atoms with Gasteiger partial charge in [-0.25, -0.2) is 0 Å². The Kier molecular flexibility index (Phi) is 4.94. The molecule has 0 aromatic heterocycles. The molecule has 5 atom stereocenters. The van der Waals surface area contributed by atoms with Gasteiger partial charge in [-0.1, -0.05) is 35.4 Å². The summed E-state index contributed by atoms with van der Waals surface area (Å²) in [5.74, 6) is 0. The molecule has 0 unspecified atom stereocenters. The summed E-state index contributed by atoms with van der Waals surface area (Å²) in [7, 11) is 0. The standard InChI is InChI=1S/C13H17N3O4/c1-8-10(15-16-14)11(17)12(18)13(20-8)19-7-9-5-3-2-4-6-9/h2-6,8,10-13,17-18H,7H2,1H3/t8-,10-,11+,12+,13+/m0/s1. The molecule has 1 aromatic rings. The molecule has 0 bridgehead atoms. The Balaban J connectivity index is 1.98. The average Bonchev–Trinajstić information content (AvgIpc) is 2.47. The Bertz CT molecular complexity index is 478. The van der Waals surface area contributed by atoms with E-state index >= 15 is 0 Å². The number of aliphatic hydroxyl groups excluding tert-OH is 2. The number of nitrogens with zero attached hydrogens (tertiary/aromatic N) is 3. The second kappa shape index (κ2) is 6.69. The lowest BCUT2D eigenvalue weighted by molar-refractivity contribution is -0.272. The summed E-state index contributed by atoms with van der Waals surface area (Å²) in [6.45, 7) is 1.92. The van der Waals surface area contributed by atoms with Crippen molar-refractivity contribution in [1.82, 2.24) is 0 Å². The summed E-state index contributed by atoms with van der Waals surface area (Å²) in [6.07, 6.45) is -3.96. The maximum absolute atomic E-state index is 9.95. The van der Waals surface area contributed by atoms with Gasteiger partial charge >= 0.3 is 0 Å². The van der Waals surface area contributed by atoms with Crippen molar-refractivity contribution < 1.29 is 19.7 Å². The van der Waals surface area contributed by atoms with Crippen LogP contribution in [0.15, 0.2) is 35.4 Å². The van der Waals surface area contributed by atoms with E-state index in [9.17, 15) is 10.2 Å². The molecule has 7 heteroatoms. The van der Waals surface area contributed by atoms with E-state index in [1.165, 1.54) is 0 Å². The van der Waals surface area contributed by atoms with Crippen molar-refractivity contribution in [2.24, 2.45) is 5.11 Å². The molecule has 0 radical (unpaired) electrons. The molecular formula is C13H17N3O4. The third kappa shape index (κ3) is 3.27. The van der Waals surface area contributed by atoms with Gasteiger partial charge in [0.2, 0.25) is 0 Å². The largest absolute Gasteiger partial charge is 0.390 e. The number of hydrogen-bond donors (Lipinski definition) is 2. The maximum Gasteiger partial charge on any atom is 0.186 e. The first-order valence-corrected chi connectivity index (χ1v) is 6.35. The smallest absolute Gasteiger partial charge is 0.186 e. The Morgan fingerprint density at radius 1 is 1.30 bits per heavy atom. The van der Waals surface area contributed by atoms with E-state index in [1.807, 2.05) is 30.3 Å². The second-order valence-electron chi connectivity index (χ2n) is 4.68. The summed E-state index contributed by atoms with van der Waals surface area (Å²) in [4.78, 5) is 2.65. The van der Waals surface area contributed by atoms with Crippen LogP contribution in [0.3, 0.4) is 0 Å². The van der Waals surface area contributed by atoms with Crippen molar-refractivity contribution in [1.29, 1.82) is 0 Å². The number of benzene rings is 1. The summed E-state index contributed by atoms with van der Waals surface area (Å²) in [5.41, 5.74) is 9.37. The summed E-state index contributed by atoms with van der Waals surface area (Å²) in [6, 6.07) is 8.60. The van der Waals surface area contributed by atoms with Gasteiger partial charge in [0.25, 0.3) is 0 Å². The first kappa shape index (κ1) is 14.8. The summed E-state index contributed by atoms with van der Waals surface area (Å²) < 4.78 is 10.9. The van der Waals surface area contributed by atoms with Gasteiger partial charge < -0.3 is 19.7 Å². The number of hydrogen-bond acceptors (Lipinski definition) is 5. The van der Waals surface area contributed by atoms with Crippen molar-refractivity contribution in [3.05, 3.63) is 46.3 Å². The van der Waals surface area contributed by atoms with Gasteiger partial charge in [-0.2, -0.15) is 0 Å². The number of azide groups is 1. The first-order chi connectivity index (χ1) is 9.63. The third-order valence-corrected chi connectivity index (χ3v) is 3.25. The van der Waals surface area contributed by atoms with Crippen molar-refractivity contribution in [2.45, 2.75) is 44.2 Å². The Morgan fingerprint density at radius 2 is 2.00 bits per heavy atom. The minimum Gasteiger partial charge on any atom is -0.390 e. The molecule has 1 aliphatic rings. The Morgan fingerprint density at radius 3 is 2.65 bits per heavy atom. The SMILES string of the molecule is C[C@@H]1O[C@@H](OCc2ccccc2)[C@H](O)[C@H](O)[C@H]1N=[N+]=[N-]. The maximum atomic E-state index is 9.95. The van der Waals surface area contributed by atoms with E-state index in [0.29, 0.717) is 0 Å². The zero-order chi connectivity index (χ0) is 14.5. The van der Waals surface area contributed by atoms with Crippen molar-refractivity contribution >= 4 is 0 Å². The molecule has 0 spiro atoms. The number of aliphatic hydroxyl groups is 2. The minimum absolute atomic E-state index is 0.258. The van der Waals surface area contributed by atoms with Crippen LogP contribution in [-0.2, 0) is 16.1 Å². The fraction of sp³-hybridized carbons (Fsp3) is 0.538. The molecule has 108 valence electrons. The molecule has 20 heavy (non-hydrogen) atoms. The highest BCUT2D eigenvalue weighted by atomic mass is 16.7. The molecule has 1 saturated heterocycles. The predicted molar refractivity (Wildman–Crippen MR) is 70.5 cm³/mol. The monoisotopic (exact) mass is 279 g/mol. The van der Waals surface area contributed by atoms with Crippen molar-refractivity contribution in [3.63, 3.8) is 0 Å². The van der Waals surface area contributed by atoms with E-state index in [1.54, 1.807) is 6.92 Å². The van der Waals surface area contributed by atoms with Gasteiger partial charge in [-0.05, 0) is 18.0 Å². The minimum atomic E-state index is -1.26.